The van der Waals surface area contributed by atoms with E-state index in [0.29, 0.717) is 40.0 Å². The molecular weight excluding hydrogens is 376 g/mol. The van der Waals surface area contributed by atoms with Crippen LogP contribution in [0.5, 0.6) is 0 Å². The molecule has 7 nitrogen and oxygen atoms in total. The van der Waals surface area contributed by atoms with Gasteiger partial charge in [-0.05, 0) is 29.8 Å². The lowest BCUT2D eigenvalue weighted by molar-refractivity contribution is -0.119. The maximum Gasteiger partial charge on any atom is 0.250 e. The molecule has 0 atom stereocenters. The van der Waals surface area contributed by atoms with Crippen LogP contribution in [0.1, 0.15) is 23.8 Å². The van der Waals surface area contributed by atoms with Crippen molar-refractivity contribution in [1.82, 2.24) is 10.3 Å². The van der Waals surface area contributed by atoms with E-state index in [1.165, 1.54) is 24.3 Å². The van der Waals surface area contributed by atoms with Crippen LogP contribution in [-0.2, 0) is 16.1 Å². The normalized spacial score (nSPS) is 10.6. The van der Waals surface area contributed by atoms with Gasteiger partial charge in [-0.3, -0.25) is 14.9 Å². The first-order valence-electron chi connectivity index (χ1n) is 8.32. The summed E-state index contributed by atoms with van der Waals surface area (Å²) in [5, 5.41) is 16.6. The van der Waals surface area contributed by atoms with E-state index in [9.17, 15) is 9.59 Å². The number of amides is 2. The number of benzene rings is 1. The van der Waals surface area contributed by atoms with Crippen LogP contribution >= 0.6 is 11.3 Å². The highest BCUT2D eigenvalue weighted by Crippen LogP contribution is 2.26. The van der Waals surface area contributed by atoms with Crippen LogP contribution in [0.4, 0.5) is 5.13 Å². The van der Waals surface area contributed by atoms with Crippen molar-refractivity contribution in [2.75, 3.05) is 5.32 Å². The minimum atomic E-state index is -0.348. The monoisotopic (exact) mass is 392 g/mol. The van der Waals surface area contributed by atoms with Gasteiger partial charge >= 0.3 is 0 Å². The van der Waals surface area contributed by atoms with Gasteiger partial charge in [0.05, 0.1) is 18.2 Å². The minimum absolute atomic E-state index is 0.137. The number of thiazole rings is 1. The Morgan fingerprint density at radius 2 is 2.11 bits per heavy atom. The van der Waals surface area contributed by atoms with Gasteiger partial charge in [-0.2, -0.15) is 5.26 Å². The molecule has 0 fully saturated rings. The SMILES string of the molecule is CC(=O)NCc1ccc(-c2csc(NC(=O)/C=C/c3ccccc3C#N)n2)o1. The maximum atomic E-state index is 12.1. The van der Waals surface area contributed by atoms with Gasteiger partial charge in [-0.1, -0.05) is 18.2 Å². The van der Waals surface area contributed by atoms with Gasteiger partial charge in [-0.15, -0.1) is 11.3 Å². The lowest BCUT2D eigenvalue weighted by Gasteiger charge is -1.98. The summed E-state index contributed by atoms with van der Waals surface area (Å²) in [6, 6.07) is 12.6. The Bertz CT molecular complexity index is 1080. The first kappa shape index (κ1) is 19.1. The second-order valence-electron chi connectivity index (χ2n) is 5.74. The summed E-state index contributed by atoms with van der Waals surface area (Å²) in [6.07, 6.45) is 2.94. The molecule has 0 bridgehead atoms. The summed E-state index contributed by atoms with van der Waals surface area (Å²) in [6.45, 7) is 1.74. The molecule has 140 valence electrons. The lowest BCUT2D eigenvalue weighted by atomic mass is 10.1. The molecule has 3 rings (SSSR count). The van der Waals surface area contributed by atoms with E-state index < -0.39 is 0 Å². The number of anilines is 1. The van der Waals surface area contributed by atoms with Crippen molar-refractivity contribution < 1.29 is 14.0 Å². The summed E-state index contributed by atoms with van der Waals surface area (Å²) < 4.78 is 5.64. The molecule has 28 heavy (non-hydrogen) atoms. The van der Waals surface area contributed by atoms with Crippen LogP contribution in [0.2, 0.25) is 0 Å². The molecule has 1 aromatic carbocycles. The Kier molecular flexibility index (Phi) is 5.99. The van der Waals surface area contributed by atoms with Gasteiger partial charge in [-0.25, -0.2) is 4.98 Å². The van der Waals surface area contributed by atoms with Crippen molar-refractivity contribution in [1.29, 1.82) is 5.26 Å². The van der Waals surface area contributed by atoms with E-state index in [2.05, 4.69) is 21.7 Å². The summed E-state index contributed by atoms with van der Waals surface area (Å²) in [5.41, 5.74) is 1.76. The van der Waals surface area contributed by atoms with Gasteiger partial charge in [0.1, 0.15) is 11.5 Å². The second kappa shape index (κ2) is 8.79. The van der Waals surface area contributed by atoms with Gasteiger partial charge in [0, 0.05) is 18.4 Å². The summed E-state index contributed by atoms with van der Waals surface area (Å²) in [5.74, 6) is 0.681. The Hall–Kier alpha value is -3.70. The van der Waals surface area contributed by atoms with E-state index in [1.807, 2.05) is 0 Å². The van der Waals surface area contributed by atoms with Crippen molar-refractivity contribution >= 4 is 34.4 Å². The third kappa shape index (κ3) is 4.93. The average Bonchev–Trinajstić information content (AvgIpc) is 3.34. The Labute approximate surface area is 165 Å². The predicted octanol–water partition coefficient (Wildman–Crippen LogP) is 3.56. The standard InChI is InChI=1S/C20H16N4O3S/c1-13(25)22-11-16-7-8-18(27-16)17-12-28-20(23-17)24-19(26)9-6-14-4-2-3-5-15(14)10-21/h2-9,12H,11H2,1H3,(H,22,25)(H,23,24,26)/b9-6+. The number of carbonyl (C=O) groups excluding carboxylic acids is 2. The number of nitriles is 1. The number of hydrogen-bond acceptors (Lipinski definition) is 6. The fourth-order valence-corrected chi connectivity index (χ4v) is 3.03. The summed E-state index contributed by atoms with van der Waals surface area (Å²) in [4.78, 5) is 27.4. The highest BCUT2D eigenvalue weighted by molar-refractivity contribution is 7.14. The predicted molar refractivity (Wildman–Crippen MR) is 106 cm³/mol. The summed E-state index contributed by atoms with van der Waals surface area (Å²) in [7, 11) is 0. The summed E-state index contributed by atoms with van der Waals surface area (Å²) >= 11 is 1.27. The molecule has 0 saturated heterocycles. The zero-order valence-electron chi connectivity index (χ0n) is 14.9. The molecule has 0 spiro atoms. The van der Waals surface area contributed by atoms with E-state index in [-0.39, 0.29) is 11.8 Å². The van der Waals surface area contributed by atoms with Crippen LogP contribution in [0.3, 0.4) is 0 Å². The molecule has 3 aromatic rings. The van der Waals surface area contributed by atoms with Crippen LogP contribution in [-0.4, -0.2) is 16.8 Å². The fourth-order valence-electron chi connectivity index (χ4n) is 2.32. The molecule has 2 N–H and O–H groups in total. The van der Waals surface area contributed by atoms with Gasteiger partial charge in [0.25, 0.3) is 0 Å². The number of hydrogen-bond donors (Lipinski definition) is 2. The molecule has 2 heterocycles. The Morgan fingerprint density at radius 1 is 1.29 bits per heavy atom. The molecule has 0 aliphatic carbocycles. The third-order valence-corrected chi connectivity index (χ3v) is 4.41. The molecular formula is C20H16N4O3S. The largest absolute Gasteiger partial charge is 0.458 e. The first-order chi connectivity index (χ1) is 13.5. The number of furan rings is 1. The number of carbonyl (C=O) groups is 2. The van der Waals surface area contributed by atoms with E-state index in [4.69, 9.17) is 9.68 Å². The molecule has 0 unspecified atom stereocenters. The quantitative estimate of drug-likeness (QED) is 0.624. The number of aromatic nitrogens is 1. The van der Waals surface area contributed by atoms with Crippen molar-refractivity contribution in [3.05, 3.63) is 64.7 Å². The second-order valence-corrected chi connectivity index (χ2v) is 6.59. The maximum absolute atomic E-state index is 12.1. The fraction of sp³-hybridized carbons (Fsp3) is 0.100. The highest BCUT2D eigenvalue weighted by Gasteiger charge is 2.11. The van der Waals surface area contributed by atoms with Gasteiger partial charge in [0.2, 0.25) is 11.8 Å². The minimum Gasteiger partial charge on any atom is -0.458 e. The van der Waals surface area contributed by atoms with Crippen LogP contribution in [0.25, 0.3) is 17.5 Å². The van der Waals surface area contributed by atoms with Crippen molar-refractivity contribution in [3.63, 3.8) is 0 Å². The highest BCUT2D eigenvalue weighted by atomic mass is 32.1. The molecule has 0 radical (unpaired) electrons. The number of nitrogens with one attached hydrogen (secondary N) is 2. The van der Waals surface area contributed by atoms with Crippen LogP contribution in [0, 0.1) is 11.3 Å². The van der Waals surface area contributed by atoms with Gasteiger partial charge < -0.3 is 9.73 Å². The van der Waals surface area contributed by atoms with E-state index in [0.717, 1.165) is 0 Å². The van der Waals surface area contributed by atoms with Crippen molar-refractivity contribution in [2.24, 2.45) is 0 Å². The first-order valence-corrected chi connectivity index (χ1v) is 9.20. The van der Waals surface area contributed by atoms with Crippen molar-refractivity contribution in [3.8, 4) is 17.5 Å². The molecule has 2 aromatic heterocycles. The molecule has 8 heteroatoms. The number of nitrogens with zero attached hydrogens (tertiary/aromatic N) is 2. The molecule has 0 aliphatic heterocycles. The average molecular weight is 392 g/mol. The molecule has 2 amide bonds. The third-order valence-electron chi connectivity index (χ3n) is 3.66. The van der Waals surface area contributed by atoms with E-state index in [1.54, 1.807) is 47.9 Å². The van der Waals surface area contributed by atoms with Crippen LogP contribution < -0.4 is 10.6 Å². The van der Waals surface area contributed by atoms with E-state index >= 15 is 0 Å². The smallest absolute Gasteiger partial charge is 0.250 e. The molecule has 0 aliphatic rings. The zero-order valence-corrected chi connectivity index (χ0v) is 15.7. The zero-order chi connectivity index (χ0) is 19.9. The Balaban J connectivity index is 1.63. The van der Waals surface area contributed by atoms with Gasteiger partial charge in [0.15, 0.2) is 10.9 Å². The number of rotatable bonds is 6. The topological polar surface area (TPSA) is 108 Å². The lowest BCUT2D eigenvalue weighted by Crippen LogP contribution is -2.18. The Morgan fingerprint density at radius 3 is 2.89 bits per heavy atom. The molecule has 0 saturated carbocycles. The van der Waals surface area contributed by atoms with Crippen molar-refractivity contribution in [2.45, 2.75) is 13.5 Å². The van der Waals surface area contributed by atoms with Crippen LogP contribution in [0.15, 0.2) is 52.3 Å².